The molecular weight excluding hydrogens is 350 g/mol. The van der Waals surface area contributed by atoms with Gasteiger partial charge in [-0.2, -0.15) is 0 Å². The normalized spacial score (nSPS) is 10.2. The van der Waals surface area contributed by atoms with Crippen molar-refractivity contribution in [1.82, 2.24) is 4.98 Å². The second-order valence-electron chi connectivity index (χ2n) is 5.40. The van der Waals surface area contributed by atoms with Gasteiger partial charge in [0.05, 0.1) is 19.2 Å². The molecule has 0 aliphatic rings. The van der Waals surface area contributed by atoms with Crippen molar-refractivity contribution in [2.75, 3.05) is 17.7 Å². The Labute approximate surface area is 154 Å². The number of para-hydroxylation sites is 2. The van der Waals surface area contributed by atoms with Gasteiger partial charge >= 0.3 is 0 Å². The van der Waals surface area contributed by atoms with Crippen molar-refractivity contribution in [2.24, 2.45) is 0 Å². The Morgan fingerprint density at radius 3 is 2.54 bits per heavy atom. The summed E-state index contributed by atoms with van der Waals surface area (Å²) in [7, 11) is 1.54. The molecule has 3 rings (SSSR count). The molecule has 7 heteroatoms. The lowest BCUT2D eigenvalue weighted by atomic mass is 10.1. The number of methoxy groups -OCH3 is 1. The molecule has 0 saturated heterocycles. The number of anilines is 2. The van der Waals surface area contributed by atoms with Crippen LogP contribution in [0.3, 0.4) is 0 Å². The lowest BCUT2D eigenvalue weighted by Crippen LogP contribution is -2.15. The van der Waals surface area contributed by atoms with Gasteiger partial charge in [0.2, 0.25) is 5.91 Å². The van der Waals surface area contributed by atoms with E-state index in [9.17, 15) is 9.59 Å². The molecule has 0 radical (unpaired) electrons. The van der Waals surface area contributed by atoms with Crippen LogP contribution < -0.4 is 15.4 Å². The van der Waals surface area contributed by atoms with Crippen LogP contribution in [0, 0.1) is 0 Å². The number of thiazole rings is 1. The van der Waals surface area contributed by atoms with Gasteiger partial charge in [-0.25, -0.2) is 4.98 Å². The number of nitrogens with one attached hydrogen (secondary N) is 2. The number of aromatic nitrogens is 1. The lowest BCUT2D eigenvalue weighted by molar-refractivity contribution is -0.115. The first-order chi connectivity index (χ1) is 12.7. The van der Waals surface area contributed by atoms with Crippen LogP contribution >= 0.6 is 11.3 Å². The summed E-state index contributed by atoms with van der Waals surface area (Å²) in [6, 6.07) is 16.5. The largest absolute Gasteiger partial charge is 0.495 e. The molecule has 0 aliphatic heterocycles. The van der Waals surface area contributed by atoms with E-state index in [1.54, 1.807) is 23.6 Å². The average Bonchev–Trinajstić information content (AvgIpc) is 3.11. The van der Waals surface area contributed by atoms with Gasteiger partial charge in [-0.15, -0.1) is 11.3 Å². The van der Waals surface area contributed by atoms with Crippen molar-refractivity contribution in [3.05, 3.63) is 71.2 Å². The highest BCUT2D eigenvalue weighted by Crippen LogP contribution is 2.24. The summed E-state index contributed by atoms with van der Waals surface area (Å²) in [4.78, 5) is 28.6. The molecule has 0 saturated carbocycles. The van der Waals surface area contributed by atoms with Gasteiger partial charge < -0.3 is 15.4 Å². The third-order valence-corrected chi connectivity index (χ3v) is 4.30. The van der Waals surface area contributed by atoms with E-state index in [0.717, 1.165) is 5.56 Å². The van der Waals surface area contributed by atoms with E-state index in [1.165, 1.54) is 18.4 Å². The van der Waals surface area contributed by atoms with Crippen molar-refractivity contribution in [3.63, 3.8) is 0 Å². The maximum atomic E-state index is 12.3. The number of benzene rings is 2. The quantitative estimate of drug-likeness (QED) is 0.698. The number of nitrogens with zero attached hydrogens (tertiary/aromatic N) is 1. The highest BCUT2D eigenvalue weighted by molar-refractivity contribution is 7.14. The Hall–Kier alpha value is -3.19. The number of ether oxygens (including phenoxy) is 1. The van der Waals surface area contributed by atoms with E-state index in [-0.39, 0.29) is 23.9 Å². The fraction of sp³-hybridized carbons (Fsp3) is 0.105. The third kappa shape index (κ3) is 4.46. The maximum Gasteiger partial charge on any atom is 0.275 e. The van der Waals surface area contributed by atoms with Crippen LogP contribution in [0.25, 0.3) is 0 Å². The Morgan fingerprint density at radius 2 is 1.77 bits per heavy atom. The first-order valence-corrected chi connectivity index (χ1v) is 8.77. The molecule has 0 unspecified atom stereocenters. The number of hydrogen-bond donors (Lipinski definition) is 2. The van der Waals surface area contributed by atoms with Gasteiger partial charge in [0.1, 0.15) is 11.4 Å². The first kappa shape index (κ1) is 17.6. The summed E-state index contributed by atoms with van der Waals surface area (Å²) in [5.41, 5.74) is 1.70. The lowest BCUT2D eigenvalue weighted by Gasteiger charge is -2.08. The van der Waals surface area contributed by atoms with E-state index in [4.69, 9.17) is 4.74 Å². The van der Waals surface area contributed by atoms with Crippen LogP contribution in [0.5, 0.6) is 5.75 Å². The highest BCUT2D eigenvalue weighted by Gasteiger charge is 2.14. The van der Waals surface area contributed by atoms with Crippen LogP contribution in [0.4, 0.5) is 10.8 Å². The Kier molecular flexibility index (Phi) is 5.60. The summed E-state index contributed by atoms with van der Waals surface area (Å²) >= 11 is 1.20. The standard InChI is InChI=1S/C19H17N3O3S/c1-25-16-10-6-5-9-14(16)20-18(24)15-12-26-19(21-15)22-17(23)11-13-7-3-2-4-8-13/h2-10,12H,11H2,1H3,(H,20,24)(H,21,22,23). The van der Waals surface area contributed by atoms with Crippen molar-refractivity contribution in [3.8, 4) is 5.75 Å². The number of rotatable bonds is 6. The fourth-order valence-electron chi connectivity index (χ4n) is 2.31. The van der Waals surface area contributed by atoms with Gasteiger partial charge in [-0.3, -0.25) is 9.59 Å². The molecule has 3 aromatic rings. The average molecular weight is 367 g/mol. The van der Waals surface area contributed by atoms with E-state index in [2.05, 4.69) is 15.6 Å². The number of carbonyl (C=O) groups is 2. The molecule has 2 aromatic carbocycles. The highest BCUT2D eigenvalue weighted by atomic mass is 32.1. The fourth-order valence-corrected chi connectivity index (χ4v) is 3.02. The molecule has 0 spiro atoms. The number of amides is 2. The molecule has 0 atom stereocenters. The first-order valence-electron chi connectivity index (χ1n) is 7.89. The van der Waals surface area contributed by atoms with E-state index in [1.807, 2.05) is 36.4 Å². The van der Waals surface area contributed by atoms with Gasteiger partial charge in [0, 0.05) is 5.38 Å². The molecule has 0 fully saturated rings. The molecule has 2 N–H and O–H groups in total. The summed E-state index contributed by atoms with van der Waals surface area (Å²) in [5, 5.41) is 7.45. The second-order valence-corrected chi connectivity index (χ2v) is 6.26. The topological polar surface area (TPSA) is 80.3 Å². The number of carbonyl (C=O) groups excluding carboxylic acids is 2. The predicted octanol–water partition coefficient (Wildman–Crippen LogP) is 3.59. The Morgan fingerprint density at radius 1 is 1.04 bits per heavy atom. The SMILES string of the molecule is COc1ccccc1NC(=O)c1csc(NC(=O)Cc2ccccc2)n1. The van der Waals surface area contributed by atoms with Crippen molar-refractivity contribution in [2.45, 2.75) is 6.42 Å². The molecule has 0 aliphatic carbocycles. The predicted molar refractivity (Wildman–Crippen MR) is 102 cm³/mol. The van der Waals surface area contributed by atoms with Gasteiger partial charge in [0.25, 0.3) is 5.91 Å². The van der Waals surface area contributed by atoms with Crippen LogP contribution in [-0.4, -0.2) is 23.9 Å². The van der Waals surface area contributed by atoms with E-state index < -0.39 is 0 Å². The van der Waals surface area contributed by atoms with Gasteiger partial charge in [-0.05, 0) is 17.7 Å². The van der Waals surface area contributed by atoms with E-state index >= 15 is 0 Å². The summed E-state index contributed by atoms with van der Waals surface area (Å²) in [5.74, 6) is 0.0176. The summed E-state index contributed by atoms with van der Waals surface area (Å²) in [6.07, 6.45) is 0.253. The second kappa shape index (κ2) is 8.26. The molecule has 0 bridgehead atoms. The van der Waals surface area contributed by atoms with E-state index in [0.29, 0.717) is 16.6 Å². The molecule has 2 amide bonds. The van der Waals surface area contributed by atoms with Crippen molar-refractivity contribution < 1.29 is 14.3 Å². The maximum absolute atomic E-state index is 12.3. The zero-order valence-corrected chi connectivity index (χ0v) is 14.9. The van der Waals surface area contributed by atoms with Crippen molar-refractivity contribution >= 4 is 34.0 Å². The Balaban J connectivity index is 1.62. The molecule has 1 heterocycles. The monoisotopic (exact) mass is 367 g/mol. The zero-order valence-electron chi connectivity index (χ0n) is 14.1. The Bertz CT molecular complexity index is 909. The van der Waals surface area contributed by atoms with Crippen molar-refractivity contribution in [1.29, 1.82) is 0 Å². The summed E-state index contributed by atoms with van der Waals surface area (Å²) in [6.45, 7) is 0. The minimum absolute atomic E-state index is 0.178. The number of hydrogen-bond acceptors (Lipinski definition) is 5. The van der Waals surface area contributed by atoms with Gasteiger partial charge in [0.15, 0.2) is 5.13 Å². The summed E-state index contributed by atoms with van der Waals surface area (Å²) < 4.78 is 5.21. The minimum atomic E-state index is -0.366. The molecule has 6 nitrogen and oxygen atoms in total. The van der Waals surface area contributed by atoms with Crippen LogP contribution in [0.1, 0.15) is 16.1 Å². The third-order valence-electron chi connectivity index (χ3n) is 3.55. The van der Waals surface area contributed by atoms with Crippen LogP contribution in [-0.2, 0) is 11.2 Å². The minimum Gasteiger partial charge on any atom is -0.495 e. The molecular formula is C19H17N3O3S. The molecule has 26 heavy (non-hydrogen) atoms. The van der Waals surface area contributed by atoms with Gasteiger partial charge in [-0.1, -0.05) is 42.5 Å². The van der Waals surface area contributed by atoms with Crippen LogP contribution in [0.15, 0.2) is 60.0 Å². The smallest absolute Gasteiger partial charge is 0.275 e. The van der Waals surface area contributed by atoms with Crippen LogP contribution in [0.2, 0.25) is 0 Å². The molecule has 1 aromatic heterocycles. The zero-order chi connectivity index (χ0) is 18.4. The molecule has 132 valence electrons.